The Balaban J connectivity index is 0.000000528. The highest BCUT2D eigenvalue weighted by Crippen LogP contribution is 2.23. The second-order valence-corrected chi connectivity index (χ2v) is 9.61. The molecule has 42 heavy (non-hydrogen) atoms. The topological polar surface area (TPSA) is 137 Å². The summed E-state index contributed by atoms with van der Waals surface area (Å²) in [5.74, 6) is -1.46. The number of carboxylic acids is 1. The zero-order chi connectivity index (χ0) is 32.1. The van der Waals surface area contributed by atoms with Gasteiger partial charge >= 0.3 is 18.8 Å². The molecule has 16 heteroatoms. The number of fused-ring (bicyclic) bond motifs is 1. The van der Waals surface area contributed by atoms with Crippen LogP contribution in [0.2, 0.25) is 0 Å². The average molecular weight is 608 g/mol. The van der Waals surface area contributed by atoms with Crippen molar-refractivity contribution in [1.82, 2.24) is 14.6 Å². The summed E-state index contributed by atoms with van der Waals surface area (Å²) in [4.78, 5) is 36.6. The van der Waals surface area contributed by atoms with Crippen LogP contribution in [0, 0.1) is 0 Å². The van der Waals surface area contributed by atoms with E-state index in [0.717, 1.165) is 24.6 Å². The standard InChI is InChI=1S/C22H27N5O.C2HF3O2.CHF3.CH2O2/c1-22(2,3)17-9-7-16(8-10-17)21(28)24-18-15-27-19(23-18)11-12-20(25-27)26-13-5-4-6-14-26;3-2(4,5)1(6)7;2-1(3)4;2-1-3/h7-12,15H,4-6,13-14H2,1-3H3,(H,24,28);(H,6,7);1H;1H,(H,2,3). The van der Waals surface area contributed by atoms with Gasteiger partial charge < -0.3 is 20.4 Å². The van der Waals surface area contributed by atoms with Gasteiger partial charge in [-0.25, -0.2) is 14.3 Å². The van der Waals surface area contributed by atoms with Crippen molar-refractivity contribution in [2.24, 2.45) is 0 Å². The number of hydrogen-bond acceptors (Lipinski definition) is 6. The van der Waals surface area contributed by atoms with Crippen LogP contribution in [-0.2, 0) is 15.0 Å². The number of nitrogens with zero attached hydrogens (tertiary/aromatic N) is 4. The molecule has 10 nitrogen and oxygen atoms in total. The number of carbonyl (C=O) groups excluding carboxylic acids is 1. The molecule has 0 unspecified atom stereocenters. The van der Waals surface area contributed by atoms with E-state index in [2.05, 4.69) is 41.1 Å². The van der Waals surface area contributed by atoms with Crippen molar-refractivity contribution in [1.29, 1.82) is 0 Å². The lowest BCUT2D eigenvalue weighted by atomic mass is 9.87. The number of carbonyl (C=O) groups is 3. The van der Waals surface area contributed by atoms with Crippen LogP contribution in [0.3, 0.4) is 0 Å². The molecule has 0 atom stereocenters. The smallest absolute Gasteiger partial charge is 0.483 e. The van der Waals surface area contributed by atoms with Gasteiger partial charge in [-0.05, 0) is 54.5 Å². The monoisotopic (exact) mass is 607 g/mol. The van der Waals surface area contributed by atoms with Crippen molar-refractivity contribution in [2.45, 2.75) is 58.3 Å². The number of alkyl halides is 6. The van der Waals surface area contributed by atoms with Crippen LogP contribution in [0.15, 0.2) is 42.6 Å². The van der Waals surface area contributed by atoms with E-state index < -0.39 is 18.8 Å². The first-order chi connectivity index (χ1) is 19.5. The lowest BCUT2D eigenvalue weighted by molar-refractivity contribution is -0.192. The van der Waals surface area contributed by atoms with E-state index in [1.165, 1.54) is 24.8 Å². The zero-order valence-corrected chi connectivity index (χ0v) is 22.9. The van der Waals surface area contributed by atoms with Gasteiger partial charge in [0.15, 0.2) is 11.5 Å². The Morgan fingerprint density at radius 2 is 1.48 bits per heavy atom. The number of piperidine rings is 1. The third kappa shape index (κ3) is 12.4. The molecular formula is C26H31F6N5O5. The van der Waals surface area contributed by atoms with Crippen LogP contribution in [0.25, 0.3) is 5.65 Å². The molecule has 3 N–H and O–H groups in total. The number of aromatic nitrogens is 3. The summed E-state index contributed by atoms with van der Waals surface area (Å²) in [5, 5.41) is 21.6. The van der Waals surface area contributed by atoms with Gasteiger partial charge in [-0.1, -0.05) is 32.9 Å². The van der Waals surface area contributed by atoms with Gasteiger partial charge in [-0.15, -0.1) is 5.10 Å². The van der Waals surface area contributed by atoms with E-state index in [1.807, 2.05) is 36.4 Å². The molecular weight excluding hydrogens is 576 g/mol. The number of hydrogen-bond donors (Lipinski definition) is 3. The number of carboxylic acid groups (broad SMARTS) is 2. The molecule has 0 saturated carbocycles. The maximum atomic E-state index is 12.6. The van der Waals surface area contributed by atoms with Crippen molar-refractivity contribution in [3.63, 3.8) is 0 Å². The molecule has 1 fully saturated rings. The molecule has 0 bridgehead atoms. The molecule has 0 radical (unpaired) electrons. The first-order valence-electron chi connectivity index (χ1n) is 12.3. The molecule has 1 saturated heterocycles. The van der Waals surface area contributed by atoms with Crippen LogP contribution in [0.4, 0.5) is 38.0 Å². The van der Waals surface area contributed by atoms with Crippen LogP contribution in [0.1, 0.15) is 56.0 Å². The highest BCUT2D eigenvalue weighted by atomic mass is 19.4. The van der Waals surface area contributed by atoms with E-state index in [1.54, 1.807) is 10.7 Å². The lowest BCUT2D eigenvalue weighted by Gasteiger charge is -2.27. The maximum absolute atomic E-state index is 12.6. The fraction of sp³-hybridized carbons (Fsp3) is 0.423. The number of aliphatic carboxylic acids is 1. The minimum Gasteiger partial charge on any atom is -0.483 e. The quantitative estimate of drug-likeness (QED) is 0.252. The van der Waals surface area contributed by atoms with Gasteiger partial charge in [0.05, 0.1) is 6.20 Å². The minimum absolute atomic E-state index is 0.0638. The van der Waals surface area contributed by atoms with Gasteiger partial charge in [0.2, 0.25) is 0 Å². The third-order valence-electron chi connectivity index (χ3n) is 5.48. The van der Waals surface area contributed by atoms with Crippen molar-refractivity contribution >= 4 is 35.6 Å². The largest absolute Gasteiger partial charge is 0.490 e. The maximum Gasteiger partial charge on any atom is 0.490 e. The van der Waals surface area contributed by atoms with Crippen LogP contribution in [-0.4, -0.2) is 69.1 Å². The predicted molar refractivity (Wildman–Crippen MR) is 142 cm³/mol. The van der Waals surface area contributed by atoms with Crippen LogP contribution < -0.4 is 10.2 Å². The zero-order valence-electron chi connectivity index (χ0n) is 22.9. The lowest BCUT2D eigenvalue weighted by Crippen LogP contribution is -2.30. The average Bonchev–Trinajstić information content (AvgIpc) is 3.30. The summed E-state index contributed by atoms with van der Waals surface area (Å²) in [7, 11) is 0. The summed E-state index contributed by atoms with van der Waals surface area (Å²) in [5.41, 5.74) is 2.60. The SMILES string of the molecule is CC(C)(C)c1ccc(C(=O)Nc2cn3nc(N4CCCCC4)ccc3n2)cc1.FC(F)F.O=C(O)C(F)(F)F.O=CO. The Kier molecular flexibility index (Phi) is 13.7. The van der Waals surface area contributed by atoms with E-state index in [4.69, 9.17) is 19.8 Å². The van der Waals surface area contributed by atoms with Crippen molar-refractivity contribution in [2.75, 3.05) is 23.3 Å². The van der Waals surface area contributed by atoms with Gasteiger partial charge in [-0.2, -0.15) is 26.3 Å². The van der Waals surface area contributed by atoms with E-state index >= 15 is 0 Å². The Labute approximate surface area is 237 Å². The molecule has 4 rings (SSSR count). The third-order valence-corrected chi connectivity index (χ3v) is 5.48. The number of anilines is 2. The second kappa shape index (κ2) is 16.2. The highest BCUT2D eigenvalue weighted by Gasteiger charge is 2.38. The van der Waals surface area contributed by atoms with Gasteiger partial charge in [0, 0.05) is 18.7 Å². The number of rotatable bonds is 3. The normalized spacial score (nSPS) is 13.0. The number of benzene rings is 1. The fourth-order valence-corrected chi connectivity index (χ4v) is 3.53. The molecule has 3 heterocycles. The number of amides is 1. The predicted octanol–water partition coefficient (Wildman–Crippen LogP) is 5.78. The summed E-state index contributed by atoms with van der Waals surface area (Å²) in [6.07, 6.45) is 0.388. The molecule has 1 aliphatic rings. The summed E-state index contributed by atoms with van der Waals surface area (Å²) in [6, 6.07) is 11.7. The van der Waals surface area contributed by atoms with E-state index in [-0.39, 0.29) is 17.8 Å². The first-order valence-corrected chi connectivity index (χ1v) is 12.3. The Bertz CT molecular complexity index is 1280. The molecule has 2 aromatic heterocycles. The van der Waals surface area contributed by atoms with Crippen LogP contribution >= 0.6 is 0 Å². The Morgan fingerprint density at radius 1 is 0.976 bits per heavy atom. The van der Waals surface area contributed by atoms with Crippen molar-refractivity contribution in [3.05, 3.63) is 53.7 Å². The molecule has 3 aromatic rings. The molecule has 1 aliphatic heterocycles. The summed E-state index contributed by atoms with van der Waals surface area (Å²) in [6.45, 7) is 4.64. The number of halogens is 6. The van der Waals surface area contributed by atoms with E-state index in [9.17, 15) is 31.1 Å². The second-order valence-electron chi connectivity index (χ2n) is 9.61. The fourth-order valence-electron chi connectivity index (χ4n) is 3.53. The van der Waals surface area contributed by atoms with Crippen molar-refractivity contribution < 1.29 is 50.9 Å². The summed E-state index contributed by atoms with van der Waals surface area (Å²) >= 11 is 0. The minimum atomic E-state index is -5.08. The van der Waals surface area contributed by atoms with Gasteiger partial charge in [0.1, 0.15) is 5.82 Å². The molecule has 232 valence electrons. The first kappa shape index (κ1) is 35.7. The highest BCUT2D eigenvalue weighted by molar-refractivity contribution is 6.03. The molecule has 1 amide bonds. The van der Waals surface area contributed by atoms with Crippen LogP contribution in [0.5, 0.6) is 0 Å². The number of nitrogens with one attached hydrogen (secondary N) is 1. The molecule has 0 aliphatic carbocycles. The summed E-state index contributed by atoms with van der Waals surface area (Å²) < 4.78 is 62.5. The Hall–Kier alpha value is -4.37. The molecule has 0 spiro atoms. The van der Waals surface area contributed by atoms with Gasteiger partial charge in [0.25, 0.3) is 12.4 Å². The van der Waals surface area contributed by atoms with Gasteiger partial charge in [-0.3, -0.25) is 9.59 Å². The molecule has 1 aromatic carbocycles. The number of imidazole rings is 1. The van der Waals surface area contributed by atoms with Crippen molar-refractivity contribution in [3.8, 4) is 0 Å². The Morgan fingerprint density at radius 3 is 1.93 bits per heavy atom. The van der Waals surface area contributed by atoms with E-state index in [0.29, 0.717) is 11.4 Å².